The highest BCUT2D eigenvalue weighted by molar-refractivity contribution is 7.15. The summed E-state index contributed by atoms with van der Waals surface area (Å²) in [7, 11) is 0. The minimum atomic E-state index is -0.304. The summed E-state index contributed by atoms with van der Waals surface area (Å²) in [5.41, 5.74) is 1.14. The first-order valence-electron chi connectivity index (χ1n) is 9.86. The highest BCUT2D eigenvalue weighted by Crippen LogP contribution is 2.24. The van der Waals surface area contributed by atoms with E-state index in [0.717, 1.165) is 29.7 Å². The van der Waals surface area contributed by atoms with Crippen LogP contribution in [0.25, 0.3) is 0 Å². The van der Waals surface area contributed by atoms with Crippen molar-refractivity contribution in [2.24, 2.45) is 0 Å². The number of nitrogens with one attached hydrogen (secondary N) is 1. The minimum absolute atomic E-state index is 0.265. The molecule has 1 fully saturated rings. The van der Waals surface area contributed by atoms with E-state index in [0.29, 0.717) is 28.6 Å². The van der Waals surface area contributed by atoms with Crippen LogP contribution in [0.5, 0.6) is 0 Å². The third kappa shape index (κ3) is 5.69. The van der Waals surface area contributed by atoms with E-state index in [1.807, 2.05) is 24.3 Å². The molecular weight excluding hydrogens is 408 g/mol. The summed E-state index contributed by atoms with van der Waals surface area (Å²) in [5, 5.41) is 4.07. The van der Waals surface area contributed by atoms with E-state index in [1.54, 1.807) is 18.3 Å². The van der Waals surface area contributed by atoms with Crippen LogP contribution in [-0.2, 0) is 17.8 Å². The molecule has 2 aromatic heterocycles. The fourth-order valence-electron chi connectivity index (χ4n) is 3.42. The van der Waals surface area contributed by atoms with E-state index in [2.05, 4.69) is 10.3 Å². The molecule has 0 aliphatic heterocycles. The van der Waals surface area contributed by atoms with Crippen LogP contribution in [0.2, 0.25) is 5.02 Å². The lowest BCUT2D eigenvalue weighted by atomic mass is 9.98. The summed E-state index contributed by atoms with van der Waals surface area (Å²) < 4.78 is 11.6. The molecule has 1 aromatic carbocycles. The fourth-order valence-corrected chi connectivity index (χ4v) is 4.39. The van der Waals surface area contributed by atoms with E-state index >= 15 is 0 Å². The van der Waals surface area contributed by atoms with Crippen LogP contribution < -0.4 is 5.32 Å². The normalized spacial score (nSPS) is 14.8. The monoisotopic (exact) mass is 430 g/mol. The number of hydrogen-bond donors (Lipinski definition) is 1. The number of ether oxygens (including phenoxy) is 1. The zero-order valence-electron chi connectivity index (χ0n) is 16.0. The lowest BCUT2D eigenvalue weighted by molar-refractivity contribution is 0.00849. The third-order valence-electron chi connectivity index (χ3n) is 4.96. The third-order valence-corrected chi connectivity index (χ3v) is 6.13. The maximum atomic E-state index is 12.4. The quantitative estimate of drug-likeness (QED) is 0.493. The van der Waals surface area contributed by atoms with E-state index in [4.69, 9.17) is 20.8 Å². The Morgan fingerprint density at radius 1 is 1.17 bits per heavy atom. The number of anilines is 1. The second-order valence-electron chi connectivity index (χ2n) is 7.23. The zero-order chi connectivity index (χ0) is 20.1. The van der Waals surface area contributed by atoms with Crippen LogP contribution in [0.1, 0.15) is 58.9 Å². The summed E-state index contributed by atoms with van der Waals surface area (Å²) in [6, 6.07) is 11.2. The maximum absolute atomic E-state index is 12.4. The smallest absolute Gasteiger partial charge is 0.293 e. The molecule has 2 heterocycles. The molecule has 0 unspecified atom stereocenters. The van der Waals surface area contributed by atoms with Gasteiger partial charge >= 0.3 is 0 Å². The van der Waals surface area contributed by atoms with Gasteiger partial charge in [0, 0.05) is 22.5 Å². The molecule has 1 aliphatic carbocycles. The topological polar surface area (TPSA) is 64.4 Å². The van der Waals surface area contributed by atoms with Gasteiger partial charge in [-0.2, -0.15) is 0 Å². The van der Waals surface area contributed by atoms with Gasteiger partial charge in [-0.1, -0.05) is 43.0 Å². The van der Waals surface area contributed by atoms with Crippen molar-refractivity contribution in [2.45, 2.75) is 51.2 Å². The average molecular weight is 431 g/mol. The number of hydrogen-bond acceptors (Lipinski definition) is 5. The molecule has 0 atom stereocenters. The first-order chi connectivity index (χ1) is 14.2. The van der Waals surface area contributed by atoms with Gasteiger partial charge in [0.2, 0.25) is 0 Å². The predicted octanol–water partition coefficient (Wildman–Crippen LogP) is 6.08. The molecule has 3 aromatic rings. The van der Waals surface area contributed by atoms with E-state index in [-0.39, 0.29) is 11.7 Å². The van der Waals surface area contributed by atoms with Crippen LogP contribution in [0, 0.1) is 0 Å². The molecule has 29 heavy (non-hydrogen) atoms. The summed E-state index contributed by atoms with van der Waals surface area (Å²) in [6.45, 7) is 0.403. The molecule has 0 radical (unpaired) electrons. The van der Waals surface area contributed by atoms with Gasteiger partial charge in [-0.15, -0.1) is 11.3 Å². The number of thiazole rings is 1. The van der Waals surface area contributed by atoms with Crippen molar-refractivity contribution in [1.29, 1.82) is 0 Å². The summed E-state index contributed by atoms with van der Waals surface area (Å²) >= 11 is 7.37. The molecule has 4 rings (SSSR count). The van der Waals surface area contributed by atoms with Gasteiger partial charge in [0.25, 0.3) is 5.91 Å². The maximum Gasteiger partial charge on any atom is 0.293 e. The van der Waals surface area contributed by atoms with Crippen LogP contribution >= 0.6 is 22.9 Å². The summed E-state index contributed by atoms with van der Waals surface area (Å²) in [4.78, 5) is 17.8. The number of rotatable bonds is 7. The van der Waals surface area contributed by atoms with Crippen molar-refractivity contribution in [3.8, 4) is 0 Å². The van der Waals surface area contributed by atoms with Crippen LogP contribution in [0.15, 0.2) is 47.0 Å². The van der Waals surface area contributed by atoms with Gasteiger partial charge in [0.15, 0.2) is 10.9 Å². The Morgan fingerprint density at radius 2 is 1.97 bits per heavy atom. The highest BCUT2D eigenvalue weighted by Gasteiger charge is 2.17. The SMILES string of the molecule is O=C(Nc1ncc(Cc2ccc(Cl)cc2)s1)c1ccc(COC2CCCCC2)o1. The average Bonchev–Trinajstić information content (AvgIpc) is 3.39. The van der Waals surface area contributed by atoms with Crippen molar-refractivity contribution in [1.82, 2.24) is 4.98 Å². The summed E-state index contributed by atoms with van der Waals surface area (Å²) in [5.74, 6) is 0.631. The van der Waals surface area contributed by atoms with Crippen molar-refractivity contribution >= 4 is 34.0 Å². The second-order valence-corrected chi connectivity index (χ2v) is 8.78. The van der Waals surface area contributed by atoms with Crippen molar-refractivity contribution in [3.05, 3.63) is 69.6 Å². The number of carbonyl (C=O) groups excluding carboxylic acids is 1. The van der Waals surface area contributed by atoms with Crippen molar-refractivity contribution in [2.75, 3.05) is 5.32 Å². The Morgan fingerprint density at radius 3 is 2.76 bits per heavy atom. The van der Waals surface area contributed by atoms with E-state index in [1.165, 1.54) is 30.6 Å². The molecule has 1 amide bonds. The minimum Gasteiger partial charge on any atom is -0.453 e. The van der Waals surface area contributed by atoms with Gasteiger partial charge in [-0.3, -0.25) is 10.1 Å². The Kier molecular flexibility index (Phi) is 6.64. The van der Waals surface area contributed by atoms with Crippen molar-refractivity contribution < 1.29 is 13.9 Å². The largest absolute Gasteiger partial charge is 0.453 e. The molecule has 0 bridgehead atoms. The Labute approximate surface area is 179 Å². The molecule has 0 spiro atoms. The van der Waals surface area contributed by atoms with Crippen LogP contribution in [0.3, 0.4) is 0 Å². The first kappa shape index (κ1) is 20.1. The van der Waals surface area contributed by atoms with Crippen molar-refractivity contribution in [3.63, 3.8) is 0 Å². The lowest BCUT2D eigenvalue weighted by Gasteiger charge is -2.21. The molecule has 1 saturated carbocycles. The van der Waals surface area contributed by atoms with Gasteiger partial charge in [0.05, 0.1) is 6.10 Å². The van der Waals surface area contributed by atoms with Gasteiger partial charge in [0.1, 0.15) is 12.4 Å². The van der Waals surface area contributed by atoms with E-state index < -0.39 is 0 Å². The second kappa shape index (κ2) is 9.57. The fraction of sp³-hybridized carbons (Fsp3) is 0.364. The molecule has 5 nitrogen and oxygen atoms in total. The molecule has 1 N–H and O–H groups in total. The lowest BCUT2D eigenvalue weighted by Crippen LogP contribution is -2.16. The number of aromatic nitrogens is 1. The number of nitrogens with zero attached hydrogens (tertiary/aromatic N) is 1. The van der Waals surface area contributed by atoms with Gasteiger partial charge in [-0.25, -0.2) is 4.98 Å². The van der Waals surface area contributed by atoms with Gasteiger partial charge < -0.3 is 9.15 Å². The van der Waals surface area contributed by atoms with E-state index in [9.17, 15) is 4.79 Å². The Bertz CT molecular complexity index is 945. The number of carbonyl (C=O) groups is 1. The molecule has 1 aliphatic rings. The number of amides is 1. The molecule has 152 valence electrons. The highest BCUT2D eigenvalue weighted by atomic mass is 35.5. The number of halogens is 1. The summed E-state index contributed by atoms with van der Waals surface area (Å²) in [6.07, 6.45) is 8.79. The molecular formula is C22H23ClN2O3S. The molecule has 7 heteroatoms. The zero-order valence-corrected chi connectivity index (χ0v) is 17.6. The van der Waals surface area contributed by atoms with Crippen LogP contribution in [0.4, 0.5) is 5.13 Å². The number of benzene rings is 1. The van der Waals surface area contributed by atoms with Gasteiger partial charge in [-0.05, 0) is 42.7 Å². The predicted molar refractivity (Wildman–Crippen MR) is 115 cm³/mol. The standard InChI is InChI=1S/C22H23ClN2O3S/c23-16-8-6-15(7-9-16)12-19-13-24-22(29-19)25-21(26)20-11-10-18(28-20)14-27-17-4-2-1-3-5-17/h6-11,13,17H,1-5,12,14H2,(H,24,25,26). The number of furan rings is 1. The Hall–Kier alpha value is -2.15. The van der Waals surface area contributed by atoms with Crippen LogP contribution in [-0.4, -0.2) is 17.0 Å². The molecule has 0 saturated heterocycles. The first-order valence-corrected chi connectivity index (χ1v) is 11.1. The Balaban J connectivity index is 1.29.